The lowest BCUT2D eigenvalue weighted by molar-refractivity contribution is 0.275. The third-order valence-corrected chi connectivity index (χ3v) is 4.86. The first kappa shape index (κ1) is 14.9. The molecule has 0 unspecified atom stereocenters. The van der Waals surface area contributed by atoms with Crippen molar-refractivity contribution in [2.24, 2.45) is 11.8 Å². The van der Waals surface area contributed by atoms with Crippen LogP contribution in [0.25, 0.3) is 5.65 Å². The summed E-state index contributed by atoms with van der Waals surface area (Å²) in [5.41, 5.74) is 2.03. The van der Waals surface area contributed by atoms with E-state index in [4.69, 9.17) is 11.6 Å². The summed E-state index contributed by atoms with van der Waals surface area (Å²) in [6, 6.07) is 3.83. The maximum absolute atomic E-state index is 5.99. The number of hydrogen-bond acceptors (Lipinski definition) is 2. The van der Waals surface area contributed by atoms with Gasteiger partial charge in [-0.3, -0.25) is 0 Å². The standard InChI is InChI=1S/C17H24ClN3/c1-13-2-4-14(5-3-13)8-9-19-10-16-12-21-11-15(18)6-7-17(21)20-16/h6-7,11-14,19H,2-5,8-10H2,1H3. The molecule has 3 rings (SSSR count). The van der Waals surface area contributed by atoms with Crippen molar-refractivity contribution in [2.75, 3.05) is 6.54 Å². The Bertz CT molecular complexity index is 585. The predicted octanol–water partition coefficient (Wildman–Crippen LogP) is 4.29. The molecule has 114 valence electrons. The number of pyridine rings is 1. The van der Waals surface area contributed by atoms with Crippen LogP contribution in [0.3, 0.4) is 0 Å². The maximum atomic E-state index is 5.99. The number of nitrogens with zero attached hydrogens (tertiary/aromatic N) is 2. The molecule has 0 aromatic carbocycles. The largest absolute Gasteiger partial charge is 0.311 e. The van der Waals surface area contributed by atoms with Gasteiger partial charge in [-0.2, -0.15) is 0 Å². The minimum Gasteiger partial charge on any atom is -0.311 e. The van der Waals surface area contributed by atoms with Gasteiger partial charge in [0.25, 0.3) is 0 Å². The van der Waals surface area contributed by atoms with E-state index >= 15 is 0 Å². The van der Waals surface area contributed by atoms with Crippen LogP contribution in [-0.4, -0.2) is 15.9 Å². The van der Waals surface area contributed by atoms with Crippen molar-refractivity contribution < 1.29 is 0 Å². The van der Waals surface area contributed by atoms with Crippen LogP contribution < -0.4 is 5.32 Å². The molecule has 1 saturated carbocycles. The molecule has 0 bridgehead atoms. The molecule has 2 aromatic rings. The summed E-state index contributed by atoms with van der Waals surface area (Å²) in [6.45, 7) is 4.31. The number of aromatic nitrogens is 2. The first-order chi connectivity index (χ1) is 10.2. The van der Waals surface area contributed by atoms with Gasteiger partial charge >= 0.3 is 0 Å². The van der Waals surface area contributed by atoms with E-state index in [1.165, 1.54) is 32.1 Å². The highest BCUT2D eigenvalue weighted by Gasteiger charge is 2.17. The highest BCUT2D eigenvalue weighted by molar-refractivity contribution is 6.30. The zero-order valence-corrected chi connectivity index (χ0v) is 13.4. The van der Waals surface area contributed by atoms with Crippen LogP contribution in [0.4, 0.5) is 0 Å². The molecule has 0 aliphatic heterocycles. The molecule has 1 fully saturated rings. The minimum absolute atomic E-state index is 0.742. The fourth-order valence-corrected chi connectivity index (χ4v) is 3.41. The molecule has 4 heteroatoms. The lowest BCUT2D eigenvalue weighted by Gasteiger charge is -2.26. The fraction of sp³-hybridized carbons (Fsp3) is 0.588. The van der Waals surface area contributed by atoms with Crippen molar-refractivity contribution in [2.45, 2.75) is 45.6 Å². The molecule has 0 spiro atoms. The zero-order valence-electron chi connectivity index (χ0n) is 12.7. The molecular formula is C17H24ClN3. The van der Waals surface area contributed by atoms with Crippen molar-refractivity contribution in [3.8, 4) is 0 Å². The van der Waals surface area contributed by atoms with Gasteiger partial charge in [0, 0.05) is 18.9 Å². The molecule has 1 aliphatic carbocycles. The second kappa shape index (κ2) is 6.80. The zero-order chi connectivity index (χ0) is 14.7. The molecule has 0 saturated heterocycles. The van der Waals surface area contributed by atoms with Crippen molar-refractivity contribution in [3.05, 3.63) is 35.2 Å². The molecule has 2 aromatic heterocycles. The maximum Gasteiger partial charge on any atom is 0.137 e. The highest BCUT2D eigenvalue weighted by atomic mass is 35.5. The molecule has 2 heterocycles. The van der Waals surface area contributed by atoms with E-state index < -0.39 is 0 Å². The van der Waals surface area contributed by atoms with E-state index in [9.17, 15) is 0 Å². The number of halogens is 1. The van der Waals surface area contributed by atoms with Gasteiger partial charge in [-0.1, -0.05) is 44.2 Å². The summed E-state index contributed by atoms with van der Waals surface area (Å²) in [5.74, 6) is 1.87. The van der Waals surface area contributed by atoms with Crippen LogP contribution in [-0.2, 0) is 6.54 Å². The van der Waals surface area contributed by atoms with Gasteiger partial charge in [-0.15, -0.1) is 0 Å². The molecule has 0 radical (unpaired) electrons. The van der Waals surface area contributed by atoms with E-state index in [1.54, 1.807) is 0 Å². The van der Waals surface area contributed by atoms with E-state index in [0.717, 1.165) is 41.3 Å². The van der Waals surface area contributed by atoms with E-state index in [0.29, 0.717) is 0 Å². The molecule has 1 aliphatic rings. The summed E-state index contributed by atoms with van der Waals surface area (Å²) >= 11 is 5.99. The third-order valence-electron chi connectivity index (χ3n) is 4.64. The third kappa shape index (κ3) is 3.98. The lowest BCUT2D eigenvalue weighted by Crippen LogP contribution is -2.20. The van der Waals surface area contributed by atoms with Crippen molar-refractivity contribution >= 4 is 17.2 Å². The van der Waals surface area contributed by atoms with Gasteiger partial charge < -0.3 is 9.72 Å². The summed E-state index contributed by atoms with van der Waals surface area (Å²) < 4.78 is 1.99. The Balaban J connectivity index is 1.44. The average Bonchev–Trinajstić information content (AvgIpc) is 2.87. The van der Waals surface area contributed by atoms with Gasteiger partial charge in [0.05, 0.1) is 10.7 Å². The van der Waals surface area contributed by atoms with Crippen LogP contribution in [0.2, 0.25) is 5.02 Å². The van der Waals surface area contributed by atoms with Gasteiger partial charge in [0.15, 0.2) is 0 Å². The monoisotopic (exact) mass is 305 g/mol. The van der Waals surface area contributed by atoms with Crippen LogP contribution in [0.5, 0.6) is 0 Å². The number of nitrogens with one attached hydrogen (secondary N) is 1. The molecule has 1 N–H and O–H groups in total. The van der Waals surface area contributed by atoms with Crippen LogP contribution in [0, 0.1) is 11.8 Å². The van der Waals surface area contributed by atoms with Crippen molar-refractivity contribution in [3.63, 3.8) is 0 Å². The van der Waals surface area contributed by atoms with Gasteiger partial charge in [0.2, 0.25) is 0 Å². The van der Waals surface area contributed by atoms with E-state index in [2.05, 4.69) is 23.4 Å². The van der Waals surface area contributed by atoms with Gasteiger partial charge in [-0.05, 0) is 36.9 Å². The summed E-state index contributed by atoms with van der Waals surface area (Å²) in [7, 11) is 0. The Labute approximate surface area is 131 Å². The highest BCUT2D eigenvalue weighted by Crippen LogP contribution is 2.29. The SMILES string of the molecule is CC1CCC(CCNCc2cn3cc(Cl)ccc3n2)CC1. The number of hydrogen-bond donors (Lipinski definition) is 1. The normalized spacial score (nSPS) is 22.8. The molecule has 3 nitrogen and oxygen atoms in total. The summed E-state index contributed by atoms with van der Waals surface area (Å²) in [5, 5.41) is 4.27. The number of imidazole rings is 1. The van der Waals surface area contributed by atoms with Crippen LogP contribution in [0.1, 0.15) is 44.7 Å². The van der Waals surface area contributed by atoms with Crippen LogP contribution in [0.15, 0.2) is 24.5 Å². The average molecular weight is 306 g/mol. The molecular weight excluding hydrogens is 282 g/mol. The fourth-order valence-electron chi connectivity index (χ4n) is 3.24. The second-order valence-electron chi connectivity index (χ2n) is 6.44. The topological polar surface area (TPSA) is 29.3 Å². The Hall–Kier alpha value is -1.06. The van der Waals surface area contributed by atoms with Gasteiger partial charge in [0.1, 0.15) is 5.65 Å². The summed E-state index contributed by atoms with van der Waals surface area (Å²) in [6.07, 6.45) is 10.9. The first-order valence-corrected chi connectivity index (χ1v) is 8.42. The Morgan fingerprint density at radius 1 is 1.24 bits per heavy atom. The lowest BCUT2D eigenvalue weighted by atomic mass is 9.81. The van der Waals surface area contributed by atoms with Crippen LogP contribution >= 0.6 is 11.6 Å². The molecule has 0 atom stereocenters. The quantitative estimate of drug-likeness (QED) is 0.835. The van der Waals surface area contributed by atoms with Crippen molar-refractivity contribution in [1.82, 2.24) is 14.7 Å². The van der Waals surface area contributed by atoms with Crippen molar-refractivity contribution in [1.29, 1.82) is 0 Å². The molecule has 0 amide bonds. The van der Waals surface area contributed by atoms with Gasteiger partial charge in [-0.25, -0.2) is 4.98 Å². The Kier molecular flexibility index (Phi) is 4.81. The first-order valence-electron chi connectivity index (χ1n) is 8.04. The smallest absolute Gasteiger partial charge is 0.137 e. The predicted molar refractivity (Wildman–Crippen MR) is 87.6 cm³/mol. The second-order valence-corrected chi connectivity index (χ2v) is 6.87. The number of rotatable bonds is 5. The Morgan fingerprint density at radius 3 is 2.86 bits per heavy atom. The van der Waals surface area contributed by atoms with E-state index in [1.807, 2.05) is 22.7 Å². The summed E-state index contributed by atoms with van der Waals surface area (Å²) in [4.78, 5) is 4.59. The number of fused-ring (bicyclic) bond motifs is 1. The van der Waals surface area contributed by atoms with E-state index in [-0.39, 0.29) is 0 Å². The minimum atomic E-state index is 0.742. The Morgan fingerprint density at radius 2 is 2.05 bits per heavy atom. The molecule has 21 heavy (non-hydrogen) atoms.